The van der Waals surface area contributed by atoms with E-state index in [1.54, 1.807) is 25.3 Å². The van der Waals surface area contributed by atoms with Crippen LogP contribution in [0.3, 0.4) is 0 Å². The van der Waals surface area contributed by atoms with Crippen LogP contribution in [-0.2, 0) is 4.79 Å². The first-order chi connectivity index (χ1) is 11.0. The summed E-state index contributed by atoms with van der Waals surface area (Å²) in [7, 11) is 1.55. The monoisotopic (exact) mass is 332 g/mol. The second-order valence-corrected chi connectivity index (χ2v) is 5.84. The zero-order valence-corrected chi connectivity index (χ0v) is 13.6. The Labute approximate surface area is 138 Å². The third kappa shape index (κ3) is 4.72. The van der Waals surface area contributed by atoms with Gasteiger partial charge in [-0.25, -0.2) is 0 Å². The number of non-ortho nitro benzene ring substituents is 1. The average molecular weight is 332 g/mol. The number of amides is 1. The first kappa shape index (κ1) is 16.8. The van der Waals surface area contributed by atoms with Gasteiger partial charge in [-0.3, -0.25) is 14.9 Å². The van der Waals surface area contributed by atoms with Gasteiger partial charge in [-0.1, -0.05) is 6.07 Å². The van der Waals surface area contributed by atoms with Crippen molar-refractivity contribution in [1.29, 1.82) is 0 Å². The van der Waals surface area contributed by atoms with Crippen molar-refractivity contribution in [2.45, 2.75) is 11.8 Å². The van der Waals surface area contributed by atoms with Crippen LogP contribution in [0.2, 0.25) is 0 Å². The predicted molar refractivity (Wildman–Crippen MR) is 90.2 cm³/mol. The van der Waals surface area contributed by atoms with Gasteiger partial charge in [0, 0.05) is 17.0 Å². The molecule has 0 saturated carbocycles. The van der Waals surface area contributed by atoms with Gasteiger partial charge in [-0.05, 0) is 36.8 Å². The van der Waals surface area contributed by atoms with Crippen LogP contribution in [0.5, 0.6) is 5.75 Å². The Morgan fingerprint density at radius 1 is 1.26 bits per heavy atom. The second kappa shape index (κ2) is 7.64. The maximum atomic E-state index is 12.0. The molecule has 7 heteroatoms. The van der Waals surface area contributed by atoms with Gasteiger partial charge in [-0.15, -0.1) is 11.8 Å². The van der Waals surface area contributed by atoms with Crippen LogP contribution >= 0.6 is 11.8 Å². The first-order valence-electron chi connectivity index (χ1n) is 6.81. The van der Waals surface area contributed by atoms with Crippen molar-refractivity contribution in [1.82, 2.24) is 0 Å². The number of thioether (sulfide) groups is 1. The van der Waals surface area contributed by atoms with Crippen LogP contribution in [0.25, 0.3) is 0 Å². The van der Waals surface area contributed by atoms with Crippen LogP contribution in [0, 0.1) is 17.0 Å². The van der Waals surface area contributed by atoms with Crippen molar-refractivity contribution in [2.75, 3.05) is 18.2 Å². The third-order valence-electron chi connectivity index (χ3n) is 3.05. The molecule has 1 N–H and O–H groups in total. The molecule has 0 saturated heterocycles. The molecule has 0 fully saturated rings. The Balaban J connectivity index is 1.95. The minimum atomic E-state index is -0.453. The smallest absolute Gasteiger partial charge is 0.269 e. The normalized spacial score (nSPS) is 10.2. The summed E-state index contributed by atoms with van der Waals surface area (Å²) in [5.41, 5.74) is 1.68. The van der Waals surface area contributed by atoms with Gasteiger partial charge in [0.1, 0.15) is 5.75 Å². The molecule has 0 spiro atoms. The maximum absolute atomic E-state index is 12.0. The number of nitrogens with zero attached hydrogens (tertiary/aromatic N) is 1. The number of ether oxygens (including phenoxy) is 1. The van der Waals surface area contributed by atoms with Gasteiger partial charge in [0.05, 0.1) is 23.5 Å². The summed E-state index contributed by atoms with van der Waals surface area (Å²) >= 11 is 1.31. The molecular formula is C16H16N2O4S. The summed E-state index contributed by atoms with van der Waals surface area (Å²) < 4.78 is 5.21. The predicted octanol–water partition coefficient (Wildman–Crippen LogP) is 3.64. The molecule has 0 aliphatic carbocycles. The number of nitro benzene ring substituents is 1. The summed E-state index contributed by atoms with van der Waals surface area (Å²) in [4.78, 5) is 23.0. The number of carbonyl (C=O) groups is 1. The highest BCUT2D eigenvalue weighted by Gasteiger charge is 2.09. The Kier molecular flexibility index (Phi) is 5.59. The van der Waals surface area contributed by atoms with Gasteiger partial charge >= 0.3 is 0 Å². The molecule has 2 rings (SSSR count). The number of aryl methyl sites for hydroxylation is 1. The van der Waals surface area contributed by atoms with Gasteiger partial charge in [0.15, 0.2) is 0 Å². The van der Waals surface area contributed by atoms with Crippen molar-refractivity contribution in [3.05, 3.63) is 58.1 Å². The van der Waals surface area contributed by atoms with E-state index in [1.165, 1.54) is 23.9 Å². The van der Waals surface area contributed by atoms with Gasteiger partial charge in [0.2, 0.25) is 5.91 Å². The van der Waals surface area contributed by atoms with Crippen LogP contribution in [0.4, 0.5) is 11.4 Å². The molecule has 2 aromatic carbocycles. The number of nitrogens with one attached hydrogen (secondary N) is 1. The molecule has 0 heterocycles. The van der Waals surface area contributed by atoms with E-state index >= 15 is 0 Å². The standard InChI is InChI=1S/C16H16N2O4S/c1-11-3-8-15(22-2)14(9-11)17-16(19)10-23-13-6-4-12(5-7-13)18(20)21/h3-9H,10H2,1-2H3,(H,17,19). The summed E-state index contributed by atoms with van der Waals surface area (Å²) in [5, 5.41) is 13.4. The van der Waals surface area contributed by atoms with Crippen LogP contribution in [0.1, 0.15) is 5.56 Å². The van der Waals surface area contributed by atoms with Crippen molar-refractivity contribution >= 4 is 29.0 Å². The zero-order valence-electron chi connectivity index (χ0n) is 12.7. The van der Waals surface area contributed by atoms with E-state index in [4.69, 9.17) is 4.74 Å². The number of hydrogen-bond donors (Lipinski definition) is 1. The van der Waals surface area contributed by atoms with Crippen molar-refractivity contribution in [3.8, 4) is 5.75 Å². The number of rotatable bonds is 6. The van der Waals surface area contributed by atoms with E-state index in [-0.39, 0.29) is 17.3 Å². The lowest BCUT2D eigenvalue weighted by atomic mass is 10.2. The van der Waals surface area contributed by atoms with Gasteiger partial charge in [-0.2, -0.15) is 0 Å². The number of hydrogen-bond acceptors (Lipinski definition) is 5. The molecule has 1 amide bonds. The van der Waals surface area contributed by atoms with Crippen molar-refractivity contribution in [2.24, 2.45) is 0 Å². The Hall–Kier alpha value is -2.54. The number of nitro groups is 1. The topological polar surface area (TPSA) is 81.5 Å². The van der Waals surface area contributed by atoms with E-state index in [1.807, 2.05) is 19.1 Å². The molecule has 23 heavy (non-hydrogen) atoms. The minimum Gasteiger partial charge on any atom is -0.495 e. The summed E-state index contributed by atoms with van der Waals surface area (Å²) in [6.45, 7) is 1.93. The van der Waals surface area contributed by atoms with Crippen LogP contribution < -0.4 is 10.1 Å². The zero-order chi connectivity index (χ0) is 16.8. The fraction of sp³-hybridized carbons (Fsp3) is 0.188. The lowest BCUT2D eigenvalue weighted by molar-refractivity contribution is -0.384. The molecule has 0 atom stereocenters. The molecule has 120 valence electrons. The van der Waals surface area contributed by atoms with Crippen LogP contribution in [0.15, 0.2) is 47.4 Å². The Morgan fingerprint density at radius 2 is 1.96 bits per heavy atom. The third-order valence-corrected chi connectivity index (χ3v) is 4.06. The minimum absolute atomic E-state index is 0.0308. The highest BCUT2D eigenvalue weighted by molar-refractivity contribution is 8.00. The first-order valence-corrected chi connectivity index (χ1v) is 7.80. The van der Waals surface area contributed by atoms with E-state index in [0.29, 0.717) is 11.4 Å². The lowest BCUT2D eigenvalue weighted by Gasteiger charge is -2.11. The quantitative estimate of drug-likeness (QED) is 0.496. The van der Waals surface area contributed by atoms with Gasteiger partial charge in [0.25, 0.3) is 5.69 Å². The van der Waals surface area contributed by atoms with E-state index in [2.05, 4.69) is 5.32 Å². The van der Waals surface area contributed by atoms with Crippen LogP contribution in [-0.4, -0.2) is 23.7 Å². The number of methoxy groups -OCH3 is 1. The van der Waals surface area contributed by atoms with Gasteiger partial charge < -0.3 is 10.1 Å². The molecule has 0 bridgehead atoms. The highest BCUT2D eigenvalue weighted by atomic mass is 32.2. The molecule has 0 aliphatic rings. The highest BCUT2D eigenvalue weighted by Crippen LogP contribution is 2.26. The fourth-order valence-electron chi connectivity index (χ4n) is 1.92. The lowest BCUT2D eigenvalue weighted by Crippen LogP contribution is -2.14. The SMILES string of the molecule is COc1ccc(C)cc1NC(=O)CSc1ccc([N+](=O)[O-])cc1. The summed E-state index contributed by atoms with van der Waals surface area (Å²) in [5.74, 6) is 0.635. The molecular weight excluding hydrogens is 316 g/mol. The maximum Gasteiger partial charge on any atom is 0.269 e. The molecule has 0 radical (unpaired) electrons. The number of benzene rings is 2. The van der Waals surface area contributed by atoms with E-state index in [0.717, 1.165) is 10.5 Å². The summed E-state index contributed by atoms with van der Waals surface area (Å²) in [6.07, 6.45) is 0. The molecule has 0 aliphatic heterocycles. The molecule has 0 unspecified atom stereocenters. The molecule has 6 nitrogen and oxygen atoms in total. The molecule has 2 aromatic rings. The van der Waals surface area contributed by atoms with Crippen molar-refractivity contribution in [3.63, 3.8) is 0 Å². The second-order valence-electron chi connectivity index (χ2n) is 4.79. The number of anilines is 1. The average Bonchev–Trinajstić information content (AvgIpc) is 2.53. The molecule has 0 aromatic heterocycles. The Morgan fingerprint density at radius 3 is 2.57 bits per heavy atom. The van der Waals surface area contributed by atoms with Crippen molar-refractivity contribution < 1.29 is 14.5 Å². The number of carbonyl (C=O) groups excluding carboxylic acids is 1. The largest absolute Gasteiger partial charge is 0.495 e. The van der Waals surface area contributed by atoms with E-state index < -0.39 is 4.92 Å². The van der Waals surface area contributed by atoms with E-state index in [9.17, 15) is 14.9 Å². The Bertz CT molecular complexity index is 717. The summed E-state index contributed by atoms with van der Waals surface area (Å²) in [6, 6.07) is 11.6. The fourth-order valence-corrected chi connectivity index (χ4v) is 2.62.